The Kier molecular flexibility index (Phi) is 4.87. The number of alkyl halides is 4. The number of rotatable bonds is 5. The molecule has 0 aliphatic heterocycles. The van der Waals surface area contributed by atoms with Crippen molar-refractivity contribution in [1.82, 2.24) is 0 Å². The third-order valence-electron chi connectivity index (χ3n) is 2.03. The Labute approximate surface area is 113 Å². The van der Waals surface area contributed by atoms with Gasteiger partial charge in [-0.2, -0.15) is 0 Å². The van der Waals surface area contributed by atoms with Crippen molar-refractivity contribution < 1.29 is 27.6 Å². The van der Waals surface area contributed by atoms with E-state index in [1.807, 2.05) is 0 Å². The lowest BCUT2D eigenvalue weighted by atomic mass is 10.1. The summed E-state index contributed by atoms with van der Waals surface area (Å²) in [6, 6.07) is 2.83. The molecule has 0 spiro atoms. The number of ketones is 1. The highest BCUT2D eigenvalue weighted by molar-refractivity contribution is 9.09. The van der Waals surface area contributed by atoms with Crippen LogP contribution in [0.15, 0.2) is 18.2 Å². The van der Waals surface area contributed by atoms with Crippen LogP contribution >= 0.6 is 15.9 Å². The van der Waals surface area contributed by atoms with Crippen LogP contribution in [0, 0.1) is 10.1 Å². The van der Waals surface area contributed by atoms with Crippen molar-refractivity contribution >= 4 is 27.4 Å². The van der Waals surface area contributed by atoms with E-state index in [-0.39, 0.29) is 11.8 Å². The van der Waals surface area contributed by atoms with E-state index < -0.39 is 34.1 Å². The molecule has 9 heteroatoms. The Morgan fingerprint density at radius 3 is 2.53 bits per heavy atom. The van der Waals surface area contributed by atoms with Crippen molar-refractivity contribution in [2.45, 2.75) is 12.8 Å². The first-order chi connectivity index (χ1) is 8.76. The van der Waals surface area contributed by atoms with Gasteiger partial charge in [-0.15, -0.1) is 13.2 Å². The average Bonchev–Trinajstić information content (AvgIpc) is 2.26. The molecule has 0 N–H and O–H groups in total. The number of nitro groups is 1. The van der Waals surface area contributed by atoms with Gasteiger partial charge >= 0.3 is 6.36 Å². The number of hydrogen-bond acceptors (Lipinski definition) is 4. The third-order valence-corrected chi connectivity index (χ3v) is 2.42. The number of nitrogens with zero attached hydrogens (tertiary/aromatic N) is 1. The molecule has 1 aromatic rings. The van der Waals surface area contributed by atoms with Crippen molar-refractivity contribution in [2.24, 2.45) is 0 Å². The van der Waals surface area contributed by atoms with Crippen LogP contribution in [0.3, 0.4) is 0 Å². The molecule has 0 unspecified atom stereocenters. The van der Waals surface area contributed by atoms with E-state index in [1.54, 1.807) is 0 Å². The highest BCUT2D eigenvalue weighted by Gasteiger charge is 2.35. The molecule has 19 heavy (non-hydrogen) atoms. The maximum Gasteiger partial charge on any atom is 0.573 e. The second kappa shape index (κ2) is 6.00. The summed E-state index contributed by atoms with van der Waals surface area (Å²) in [5.74, 6) is -1.67. The predicted molar refractivity (Wildman–Crippen MR) is 62.5 cm³/mol. The molecule has 0 fully saturated rings. The molecule has 0 atom stereocenters. The zero-order valence-electron chi connectivity index (χ0n) is 9.24. The van der Waals surface area contributed by atoms with E-state index in [2.05, 4.69) is 20.7 Å². The molecular formula is C10H7BrF3NO4. The standard InChI is InChI=1S/C10H7BrF3NO4/c11-5-4-7(16)9-6(15(17)18)2-1-3-8(9)19-10(12,13)14/h1-3H,4-5H2. The van der Waals surface area contributed by atoms with E-state index in [0.29, 0.717) is 0 Å². The second-order valence-electron chi connectivity index (χ2n) is 3.32. The number of carbonyl (C=O) groups excluding carboxylic acids is 1. The zero-order valence-corrected chi connectivity index (χ0v) is 10.8. The number of carbonyl (C=O) groups is 1. The molecular weight excluding hydrogens is 335 g/mol. The van der Waals surface area contributed by atoms with Gasteiger partial charge in [0.25, 0.3) is 5.69 Å². The molecule has 1 rings (SSSR count). The van der Waals surface area contributed by atoms with Crippen molar-refractivity contribution in [3.8, 4) is 5.75 Å². The number of Topliss-reactive ketones (excluding diaryl/α,β-unsaturated/α-hetero) is 1. The van der Waals surface area contributed by atoms with E-state index in [0.717, 1.165) is 18.2 Å². The molecule has 0 aliphatic carbocycles. The van der Waals surface area contributed by atoms with Crippen LogP contribution in [0.4, 0.5) is 18.9 Å². The van der Waals surface area contributed by atoms with E-state index in [4.69, 9.17) is 0 Å². The highest BCUT2D eigenvalue weighted by atomic mass is 79.9. The fourth-order valence-electron chi connectivity index (χ4n) is 1.37. The molecule has 5 nitrogen and oxygen atoms in total. The van der Waals surface area contributed by atoms with Crippen LogP contribution in [-0.4, -0.2) is 22.4 Å². The largest absolute Gasteiger partial charge is 0.573 e. The molecule has 0 saturated heterocycles. The summed E-state index contributed by atoms with van der Waals surface area (Å²) in [7, 11) is 0. The van der Waals surface area contributed by atoms with Gasteiger partial charge in [0.15, 0.2) is 5.78 Å². The zero-order chi connectivity index (χ0) is 14.6. The minimum atomic E-state index is -5.03. The molecule has 0 aromatic heterocycles. The fourth-order valence-corrected chi connectivity index (χ4v) is 1.73. The molecule has 104 valence electrons. The first-order valence-corrected chi connectivity index (χ1v) is 6.00. The second-order valence-corrected chi connectivity index (χ2v) is 4.11. The Bertz CT molecular complexity index is 504. The first kappa shape index (κ1) is 15.4. The van der Waals surface area contributed by atoms with E-state index in [9.17, 15) is 28.1 Å². The summed E-state index contributed by atoms with van der Waals surface area (Å²) in [5.41, 5.74) is -1.39. The average molecular weight is 342 g/mol. The summed E-state index contributed by atoms with van der Waals surface area (Å²) >= 11 is 2.94. The number of ether oxygens (including phenoxy) is 1. The molecule has 0 heterocycles. The first-order valence-electron chi connectivity index (χ1n) is 4.88. The maximum atomic E-state index is 12.2. The topological polar surface area (TPSA) is 69.4 Å². The van der Waals surface area contributed by atoms with E-state index >= 15 is 0 Å². The van der Waals surface area contributed by atoms with Gasteiger partial charge in [-0.05, 0) is 6.07 Å². The van der Waals surface area contributed by atoms with Gasteiger partial charge < -0.3 is 4.74 Å². The van der Waals surface area contributed by atoms with Crippen LogP contribution in [0.25, 0.3) is 0 Å². The van der Waals surface area contributed by atoms with E-state index in [1.165, 1.54) is 0 Å². The molecule has 0 amide bonds. The van der Waals surface area contributed by atoms with Crippen LogP contribution in [0.2, 0.25) is 0 Å². The number of nitro benzene ring substituents is 1. The van der Waals surface area contributed by atoms with Gasteiger partial charge in [0.2, 0.25) is 0 Å². The number of hydrogen-bond donors (Lipinski definition) is 0. The minimum Gasteiger partial charge on any atom is -0.405 e. The minimum absolute atomic E-state index is 0.170. The monoisotopic (exact) mass is 341 g/mol. The smallest absolute Gasteiger partial charge is 0.405 e. The lowest BCUT2D eigenvalue weighted by Crippen LogP contribution is -2.19. The van der Waals surface area contributed by atoms with Crippen molar-refractivity contribution in [2.75, 3.05) is 5.33 Å². The highest BCUT2D eigenvalue weighted by Crippen LogP contribution is 2.33. The number of benzene rings is 1. The third kappa shape index (κ3) is 4.19. The summed E-state index contributed by atoms with van der Waals surface area (Å²) in [4.78, 5) is 21.5. The summed E-state index contributed by atoms with van der Waals surface area (Å²) in [6.07, 6.45) is -5.21. The van der Waals surface area contributed by atoms with Crippen LogP contribution in [0.1, 0.15) is 16.8 Å². The number of halogens is 4. The SMILES string of the molecule is O=C(CCBr)c1c(OC(F)(F)F)cccc1[N+](=O)[O-]. The van der Waals surface area contributed by atoms with Gasteiger partial charge in [0.1, 0.15) is 11.3 Å². The van der Waals surface area contributed by atoms with Gasteiger partial charge in [-0.25, -0.2) is 0 Å². The van der Waals surface area contributed by atoms with Crippen molar-refractivity contribution in [1.29, 1.82) is 0 Å². The van der Waals surface area contributed by atoms with Crippen LogP contribution < -0.4 is 4.74 Å². The normalized spacial score (nSPS) is 11.2. The van der Waals surface area contributed by atoms with Crippen molar-refractivity contribution in [3.05, 3.63) is 33.9 Å². The molecule has 1 aromatic carbocycles. The van der Waals surface area contributed by atoms with Gasteiger partial charge in [0.05, 0.1) is 4.92 Å². The van der Waals surface area contributed by atoms with Gasteiger partial charge in [0, 0.05) is 17.8 Å². The van der Waals surface area contributed by atoms with Crippen LogP contribution in [0.5, 0.6) is 5.75 Å². The lowest BCUT2D eigenvalue weighted by molar-refractivity contribution is -0.385. The molecule has 0 bridgehead atoms. The van der Waals surface area contributed by atoms with Crippen LogP contribution in [-0.2, 0) is 0 Å². The summed E-state index contributed by atoms with van der Waals surface area (Å²) in [5, 5.41) is 10.9. The molecule has 0 saturated carbocycles. The quantitative estimate of drug-likeness (QED) is 0.356. The molecule has 0 aliphatic rings. The lowest BCUT2D eigenvalue weighted by Gasteiger charge is -2.12. The Balaban J connectivity index is 3.34. The maximum absolute atomic E-state index is 12.2. The predicted octanol–water partition coefficient (Wildman–Crippen LogP) is 3.46. The summed E-state index contributed by atoms with van der Waals surface area (Å²) < 4.78 is 40.2. The Morgan fingerprint density at radius 1 is 1.42 bits per heavy atom. The van der Waals surface area contributed by atoms with Crippen molar-refractivity contribution in [3.63, 3.8) is 0 Å². The fraction of sp³-hybridized carbons (Fsp3) is 0.300. The molecule has 0 radical (unpaired) electrons. The summed E-state index contributed by atoms with van der Waals surface area (Å²) in [6.45, 7) is 0. The Hall–Kier alpha value is -1.64. The Morgan fingerprint density at radius 2 is 2.05 bits per heavy atom. The van der Waals surface area contributed by atoms with Gasteiger partial charge in [-0.1, -0.05) is 22.0 Å². The van der Waals surface area contributed by atoms with Gasteiger partial charge in [-0.3, -0.25) is 14.9 Å².